The van der Waals surface area contributed by atoms with Gasteiger partial charge >= 0.3 is 0 Å². The van der Waals surface area contributed by atoms with E-state index in [1.807, 2.05) is 34.9 Å². The van der Waals surface area contributed by atoms with E-state index in [9.17, 15) is 9.18 Å². The van der Waals surface area contributed by atoms with Crippen molar-refractivity contribution >= 4 is 23.4 Å². The summed E-state index contributed by atoms with van der Waals surface area (Å²) in [5, 5.41) is 11.7. The summed E-state index contributed by atoms with van der Waals surface area (Å²) < 4.78 is 20.3. The predicted octanol–water partition coefficient (Wildman–Crippen LogP) is 4.40. The third-order valence-electron chi connectivity index (χ3n) is 3.85. The van der Waals surface area contributed by atoms with Crippen LogP contribution in [0.3, 0.4) is 0 Å². The normalized spacial score (nSPS) is 10.8. The molecule has 0 atom stereocenters. The summed E-state index contributed by atoms with van der Waals surface area (Å²) in [7, 11) is 0. The molecule has 0 aliphatic heterocycles. The molecule has 0 bridgehead atoms. The SMILES string of the molecule is O=C(CSc1nnc(-c2ccco2)n1-c1ccccc1)Nc1ccc(F)cc1. The first kappa shape index (κ1) is 18.0. The van der Waals surface area contributed by atoms with Crippen LogP contribution in [0.4, 0.5) is 10.1 Å². The number of furan rings is 1. The molecule has 0 aliphatic carbocycles. The van der Waals surface area contributed by atoms with Gasteiger partial charge in [0.1, 0.15) is 5.82 Å². The van der Waals surface area contributed by atoms with E-state index in [-0.39, 0.29) is 17.5 Å². The summed E-state index contributed by atoms with van der Waals surface area (Å²) in [5.41, 5.74) is 1.40. The third-order valence-corrected chi connectivity index (χ3v) is 4.78. The fraction of sp³-hybridized carbons (Fsp3) is 0.0500. The second-order valence-electron chi connectivity index (χ2n) is 5.80. The summed E-state index contributed by atoms with van der Waals surface area (Å²) in [6.45, 7) is 0. The van der Waals surface area contributed by atoms with Crippen molar-refractivity contribution in [2.75, 3.05) is 11.1 Å². The van der Waals surface area contributed by atoms with Crippen LogP contribution in [0, 0.1) is 5.82 Å². The zero-order valence-corrected chi connectivity index (χ0v) is 15.4. The second kappa shape index (κ2) is 8.10. The molecule has 2 heterocycles. The van der Waals surface area contributed by atoms with E-state index < -0.39 is 0 Å². The highest BCUT2D eigenvalue weighted by Crippen LogP contribution is 2.28. The van der Waals surface area contributed by atoms with Crippen molar-refractivity contribution in [2.45, 2.75) is 5.16 Å². The molecule has 28 heavy (non-hydrogen) atoms. The molecule has 1 amide bonds. The van der Waals surface area contributed by atoms with Gasteiger partial charge in [-0.05, 0) is 48.5 Å². The lowest BCUT2D eigenvalue weighted by atomic mass is 10.3. The van der Waals surface area contributed by atoms with Crippen LogP contribution in [-0.2, 0) is 4.79 Å². The van der Waals surface area contributed by atoms with E-state index >= 15 is 0 Å². The number of benzene rings is 2. The first-order chi connectivity index (χ1) is 13.7. The van der Waals surface area contributed by atoms with Gasteiger partial charge < -0.3 is 9.73 Å². The summed E-state index contributed by atoms with van der Waals surface area (Å²) in [4.78, 5) is 12.3. The molecule has 140 valence electrons. The minimum absolute atomic E-state index is 0.125. The Morgan fingerprint density at radius 1 is 1.04 bits per heavy atom. The van der Waals surface area contributed by atoms with Crippen LogP contribution in [0.2, 0.25) is 0 Å². The second-order valence-corrected chi connectivity index (χ2v) is 6.74. The van der Waals surface area contributed by atoms with Crippen molar-refractivity contribution in [1.29, 1.82) is 0 Å². The van der Waals surface area contributed by atoms with E-state index in [2.05, 4.69) is 15.5 Å². The number of thioether (sulfide) groups is 1. The molecule has 1 N–H and O–H groups in total. The highest BCUT2D eigenvalue weighted by atomic mass is 32.2. The van der Waals surface area contributed by atoms with Gasteiger partial charge in [-0.2, -0.15) is 0 Å². The lowest BCUT2D eigenvalue weighted by Gasteiger charge is -2.09. The highest BCUT2D eigenvalue weighted by molar-refractivity contribution is 7.99. The minimum Gasteiger partial charge on any atom is -0.461 e. The standard InChI is InChI=1S/C20H15FN4O2S/c21-14-8-10-15(11-9-14)22-18(26)13-28-20-24-23-19(17-7-4-12-27-17)25(20)16-5-2-1-3-6-16/h1-12H,13H2,(H,22,26). The van der Waals surface area contributed by atoms with Gasteiger partial charge in [-0.3, -0.25) is 9.36 Å². The largest absolute Gasteiger partial charge is 0.461 e. The van der Waals surface area contributed by atoms with Crippen molar-refractivity contribution in [2.24, 2.45) is 0 Å². The summed E-state index contributed by atoms with van der Waals surface area (Å²) in [5.74, 6) is 0.685. The van der Waals surface area contributed by atoms with Crippen molar-refractivity contribution in [1.82, 2.24) is 14.8 Å². The number of carbonyl (C=O) groups is 1. The fourth-order valence-electron chi connectivity index (χ4n) is 2.60. The lowest BCUT2D eigenvalue weighted by molar-refractivity contribution is -0.113. The summed E-state index contributed by atoms with van der Waals surface area (Å²) in [6.07, 6.45) is 1.57. The van der Waals surface area contributed by atoms with E-state index in [1.165, 1.54) is 36.0 Å². The monoisotopic (exact) mass is 394 g/mol. The number of hydrogen-bond acceptors (Lipinski definition) is 5. The van der Waals surface area contributed by atoms with Crippen molar-refractivity contribution in [3.8, 4) is 17.3 Å². The maximum absolute atomic E-state index is 13.0. The number of nitrogens with zero attached hydrogens (tertiary/aromatic N) is 3. The Bertz CT molecular complexity index is 1060. The molecule has 0 saturated heterocycles. The third kappa shape index (κ3) is 3.96. The Hall–Kier alpha value is -3.39. The molecule has 0 unspecified atom stereocenters. The maximum Gasteiger partial charge on any atom is 0.234 e. The highest BCUT2D eigenvalue weighted by Gasteiger charge is 2.18. The van der Waals surface area contributed by atoms with Crippen LogP contribution in [-0.4, -0.2) is 26.4 Å². The zero-order chi connectivity index (χ0) is 19.3. The molecular weight excluding hydrogens is 379 g/mol. The number of halogens is 1. The van der Waals surface area contributed by atoms with Gasteiger partial charge in [-0.15, -0.1) is 10.2 Å². The first-order valence-corrected chi connectivity index (χ1v) is 9.42. The van der Waals surface area contributed by atoms with Crippen LogP contribution in [0.1, 0.15) is 0 Å². The number of aromatic nitrogens is 3. The number of hydrogen-bond donors (Lipinski definition) is 1. The number of nitrogens with one attached hydrogen (secondary N) is 1. The van der Waals surface area contributed by atoms with Gasteiger partial charge in [0.15, 0.2) is 10.9 Å². The summed E-state index contributed by atoms with van der Waals surface area (Å²) >= 11 is 1.25. The van der Waals surface area contributed by atoms with Gasteiger partial charge in [0.05, 0.1) is 12.0 Å². The Labute approximate surface area is 164 Å². The molecule has 0 spiro atoms. The average Bonchev–Trinajstić information content (AvgIpc) is 3.38. The van der Waals surface area contributed by atoms with Crippen molar-refractivity contribution in [3.63, 3.8) is 0 Å². The van der Waals surface area contributed by atoms with Gasteiger partial charge in [-0.1, -0.05) is 30.0 Å². The van der Waals surface area contributed by atoms with E-state index in [0.717, 1.165) is 5.69 Å². The van der Waals surface area contributed by atoms with Crippen LogP contribution in [0.5, 0.6) is 0 Å². The molecule has 0 saturated carbocycles. The fourth-order valence-corrected chi connectivity index (χ4v) is 3.35. The zero-order valence-electron chi connectivity index (χ0n) is 14.6. The van der Waals surface area contributed by atoms with E-state index in [4.69, 9.17) is 4.42 Å². The van der Waals surface area contributed by atoms with Crippen molar-refractivity contribution in [3.05, 3.63) is 78.8 Å². The van der Waals surface area contributed by atoms with Gasteiger partial charge in [0.2, 0.25) is 11.7 Å². The van der Waals surface area contributed by atoms with Crippen LogP contribution in [0.15, 0.2) is 82.6 Å². The number of para-hydroxylation sites is 1. The first-order valence-electron chi connectivity index (χ1n) is 8.43. The Morgan fingerprint density at radius 2 is 1.82 bits per heavy atom. The lowest BCUT2D eigenvalue weighted by Crippen LogP contribution is -2.14. The quantitative estimate of drug-likeness (QED) is 0.491. The van der Waals surface area contributed by atoms with Gasteiger partial charge in [0, 0.05) is 11.4 Å². The van der Waals surface area contributed by atoms with Crippen LogP contribution >= 0.6 is 11.8 Å². The molecule has 2 aromatic heterocycles. The molecule has 8 heteroatoms. The Balaban J connectivity index is 1.54. The Kier molecular flexibility index (Phi) is 5.20. The number of amides is 1. The molecule has 0 aliphatic rings. The molecule has 2 aromatic carbocycles. The molecule has 0 fully saturated rings. The molecule has 0 radical (unpaired) electrons. The summed E-state index contributed by atoms with van der Waals surface area (Å²) in [6, 6.07) is 18.8. The van der Waals surface area contributed by atoms with Gasteiger partial charge in [-0.25, -0.2) is 4.39 Å². The number of carbonyl (C=O) groups excluding carboxylic acids is 1. The van der Waals surface area contributed by atoms with E-state index in [0.29, 0.717) is 22.4 Å². The predicted molar refractivity (Wildman–Crippen MR) is 105 cm³/mol. The van der Waals surface area contributed by atoms with Crippen molar-refractivity contribution < 1.29 is 13.6 Å². The van der Waals surface area contributed by atoms with Crippen LogP contribution in [0.25, 0.3) is 17.3 Å². The van der Waals surface area contributed by atoms with E-state index in [1.54, 1.807) is 18.4 Å². The number of rotatable bonds is 6. The Morgan fingerprint density at radius 3 is 2.54 bits per heavy atom. The maximum atomic E-state index is 13.0. The molecule has 6 nitrogen and oxygen atoms in total. The average molecular weight is 394 g/mol. The minimum atomic E-state index is -0.353. The molecule has 4 aromatic rings. The smallest absolute Gasteiger partial charge is 0.234 e. The molecule has 4 rings (SSSR count). The van der Waals surface area contributed by atoms with Crippen LogP contribution < -0.4 is 5.32 Å². The molecular formula is C20H15FN4O2S. The van der Waals surface area contributed by atoms with Gasteiger partial charge in [0.25, 0.3) is 0 Å². The number of anilines is 1. The topological polar surface area (TPSA) is 73.0 Å².